The van der Waals surface area contributed by atoms with E-state index in [-0.39, 0.29) is 0 Å². The van der Waals surface area contributed by atoms with Gasteiger partial charge in [-0.1, -0.05) is 83.9 Å². The monoisotopic (exact) mass is 556 g/mol. The van der Waals surface area contributed by atoms with Crippen molar-refractivity contribution in [2.24, 2.45) is 0 Å². The molecule has 0 N–H and O–H groups in total. The Hall–Kier alpha value is -4.94. The van der Waals surface area contributed by atoms with Crippen molar-refractivity contribution in [1.29, 1.82) is 0 Å². The maximum absolute atomic E-state index is 2.57. The highest BCUT2D eigenvalue weighted by Gasteiger charge is 2.55. The molecule has 4 bridgehead atoms. The van der Waals surface area contributed by atoms with Gasteiger partial charge in [0, 0.05) is 23.7 Å². The molecule has 0 spiro atoms. The van der Waals surface area contributed by atoms with E-state index in [2.05, 4.69) is 121 Å². The second-order valence-electron chi connectivity index (χ2n) is 14.0. The number of fused-ring (bicyclic) bond motifs is 20. The van der Waals surface area contributed by atoms with E-state index in [0.29, 0.717) is 23.7 Å². The highest BCUT2D eigenvalue weighted by molar-refractivity contribution is 6.06. The average molecular weight is 557 g/mol. The molecule has 204 valence electrons. The Kier molecular flexibility index (Phi) is 3.89. The summed E-state index contributed by atoms with van der Waals surface area (Å²) in [4.78, 5) is 0. The fourth-order valence-electron chi connectivity index (χ4n) is 10.2. The lowest BCUT2D eigenvalue weighted by Gasteiger charge is -2.29. The standard InChI is InChI=1S/C44H28/c1-2-6-24-10-28-14-32-18-36-35(17-31(32)13-27(28)9-23(24)5-1)39-21-40(36)44-42-22-41(43(39)44)37-19-33-15-29-11-25-7-3-4-8-26(25)12-30(29)16-34(33)20-38(37)42/h1-20,39-42H,21-22H2. The van der Waals surface area contributed by atoms with Crippen molar-refractivity contribution in [3.8, 4) is 0 Å². The molecule has 8 aromatic rings. The summed E-state index contributed by atoms with van der Waals surface area (Å²) in [7, 11) is 0. The van der Waals surface area contributed by atoms with Gasteiger partial charge in [0.15, 0.2) is 0 Å². The molecule has 12 rings (SSSR count). The highest BCUT2D eigenvalue weighted by atomic mass is 14.6. The van der Waals surface area contributed by atoms with Crippen molar-refractivity contribution < 1.29 is 0 Å². The van der Waals surface area contributed by atoms with E-state index < -0.39 is 0 Å². The maximum atomic E-state index is 2.57. The van der Waals surface area contributed by atoms with E-state index in [9.17, 15) is 0 Å². The number of hydrogen-bond donors (Lipinski definition) is 0. The fraction of sp³-hybridized carbons (Fsp3) is 0.136. The van der Waals surface area contributed by atoms with E-state index in [1.807, 2.05) is 0 Å². The van der Waals surface area contributed by atoms with Gasteiger partial charge in [0.25, 0.3) is 0 Å². The fourth-order valence-corrected chi connectivity index (χ4v) is 10.2. The molecule has 0 aromatic heterocycles. The minimum atomic E-state index is 0.600. The first-order valence-electron chi connectivity index (χ1n) is 16.3. The van der Waals surface area contributed by atoms with Crippen LogP contribution >= 0.6 is 0 Å². The summed E-state index contributed by atoms with van der Waals surface area (Å²) in [6, 6.07) is 47.0. The molecule has 8 aromatic carbocycles. The summed E-state index contributed by atoms with van der Waals surface area (Å²) in [6.07, 6.45) is 2.58. The predicted molar refractivity (Wildman–Crippen MR) is 185 cm³/mol. The third kappa shape index (κ3) is 2.72. The summed E-state index contributed by atoms with van der Waals surface area (Å²) in [6.45, 7) is 0. The lowest BCUT2D eigenvalue weighted by molar-refractivity contribution is 0.651. The van der Waals surface area contributed by atoms with E-state index >= 15 is 0 Å². The maximum Gasteiger partial charge on any atom is 0.00695 e. The van der Waals surface area contributed by atoms with Crippen LogP contribution in [0.15, 0.2) is 132 Å². The molecule has 44 heavy (non-hydrogen) atoms. The molecule has 4 aliphatic rings. The quantitative estimate of drug-likeness (QED) is 0.0990. The van der Waals surface area contributed by atoms with E-state index in [1.165, 1.54) is 77.5 Å². The first-order valence-corrected chi connectivity index (χ1v) is 16.3. The van der Waals surface area contributed by atoms with Crippen LogP contribution in [0.1, 0.15) is 58.8 Å². The number of rotatable bonds is 0. The lowest BCUT2D eigenvalue weighted by Crippen LogP contribution is -2.11. The van der Waals surface area contributed by atoms with Gasteiger partial charge in [0.1, 0.15) is 0 Å². The Bertz CT molecular complexity index is 2320. The zero-order valence-corrected chi connectivity index (χ0v) is 24.3. The van der Waals surface area contributed by atoms with Gasteiger partial charge in [0.05, 0.1) is 0 Å². The molecule has 4 unspecified atom stereocenters. The van der Waals surface area contributed by atoms with Crippen LogP contribution in [-0.2, 0) is 0 Å². The second kappa shape index (κ2) is 7.58. The van der Waals surface area contributed by atoms with Crippen LogP contribution in [-0.4, -0.2) is 0 Å². The predicted octanol–water partition coefficient (Wildman–Crippen LogP) is 11.8. The molecule has 0 heteroatoms. The van der Waals surface area contributed by atoms with E-state index in [4.69, 9.17) is 0 Å². The van der Waals surface area contributed by atoms with Gasteiger partial charge >= 0.3 is 0 Å². The van der Waals surface area contributed by atoms with Crippen molar-refractivity contribution in [2.45, 2.75) is 36.5 Å². The van der Waals surface area contributed by atoms with Crippen LogP contribution in [0.5, 0.6) is 0 Å². The Morgan fingerprint density at radius 1 is 0.273 bits per heavy atom. The molecule has 0 radical (unpaired) electrons. The minimum Gasteiger partial charge on any atom is -0.0616 e. The molecule has 0 fully saturated rings. The van der Waals surface area contributed by atoms with Crippen LogP contribution in [0.4, 0.5) is 0 Å². The van der Waals surface area contributed by atoms with Gasteiger partial charge in [-0.05, 0) is 148 Å². The van der Waals surface area contributed by atoms with E-state index in [1.54, 1.807) is 33.4 Å². The Labute approximate surface area is 255 Å². The molecule has 0 saturated carbocycles. The summed E-state index contributed by atoms with van der Waals surface area (Å²) in [5, 5.41) is 16.3. The average Bonchev–Trinajstić information content (AvgIpc) is 3.81. The van der Waals surface area contributed by atoms with Crippen LogP contribution in [0.25, 0.3) is 64.6 Å². The van der Waals surface area contributed by atoms with Crippen LogP contribution in [0.3, 0.4) is 0 Å². The molecule has 0 amide bonds. The first-order chi connectivity index (χ1) is 21.7. The van der Waals surface area contributed by atoms with Gasteiger partial charge in [0.2, 0.25) is 0 Å². The van der Waals surface area contributed by atoms with Gasteiger partial charge < -0.3 is 0 Å². The molecule has 0 heterocycles. The molecule has 0 saturated heterocycles. The van der Waals surface area contributed by atoms with Crippen LogP contribution in [0.2, 0.25) is 0 Å². The molecular weight excluding hydrogens is 528 g/mol. The molecule has 0 nitrogen and oxygen atoms in total. The molecule has 4 aliphatic carbocycles. The van der Waals surface area contributed by atoms with Crippen molar-refractivity contribution in [2.75, 3.05) is 0 Å². The lowest BCUT2D eigenvalue weighted by atomic mass is 9.75. The summed E-state index contributed by atoms with van der Waals surface area (Å²) >= 11 is 0. The third-order valence-corrected chi connectivity index (χ3v) is 12.0. The summed E-state index contributed by atoms with van der Waals surface area (Å²) in [5.74, 6) is 2.40. The van der Waals surface area contributed by atoms with Crippen LogP contribution in [0, 0.1) is 0 Å². The van der Waals surface area contributed by atoms with Gasteiger partial charge in [-0.25, -0.2) is 0 Å². The third-order valence-electron chi connectivity index (χ3n) is 12.0. The Morgan fingerprint density at radius 3 is 0.773 bits per heavy atom. The molecule has 0 aliphatic heterocycles. The SMILES string of the molecule is c1ccc2cc3cc4cc5c(cc4cc3cc2c1)C1CC5C2=C1C1CC2c2cc3cc4cc5ccccc5cc4cc3cc21. The zero-order chi connectivity index (χ0) is 28.3. The number of benzene rings is 8. The topological polar surface area (TPSA) is 0 Å². The first kappa shape index (κ1) is 22.6. The smallest absolute Gasteiger partial charge is 0.00695 e. The van der Waals surface area contributed by atoms with E-state index in [0.717, 1.165) is 0 Å². The van der Waals surface area contributed by atoms with Crippen molar-refractivity contribution in [3.63, 3.8) is 0 Å². The Balaban J connectivity index is 0.998. The number of hydrogen-bond acceptors (Lipinski definition) is 0. The van der Waals surface area contributed by atoms with Gasteiger partial charge in [-0.2, -0.15) is 0 Å². The Morgan fingerprint density at radius 2 is 0.500 bits per heavy atom. The summed E-state index contributed by atoms with van der Waals surface area (Å²) < 4.78 is 0. The zero-order valence-electron chi connectivity index (χ0n) is 24.3. The van der Waals surface area contributed by atoms with Gasteiger partial charge in [-0.3, -0.25) is 0 Å². The van der Waals surface area contributed by atoms with Crippen molar-refractivity contribution >= 4 is 64.6 Å². The normalized spacial score (nSPS) is 22.7. The summed E-state index contributed by atoms with van der Waals surface area (Å²) in [5.41, 5.74) is 10.1. The van der Waals surface area contributed by atoms with Crippen molar-refractivity contribution in [3.05, 3.63) is 155 Å². The molecule has 4 atom stereocenters. The highest BCUT2D eigenvalue weighted by Crippen LogP contribution is 2.71. The number of allylic oxidation sites excluding steroid dienone is 2. The van der Waals surface area contributed by atoms with Crippen molar-refractivity contribution in [1.82, 2.24) is 0 Å². The second-order valence-corrected chi connectivity index (χ2v) is 14.0. The molecular formula is C44H28. The van der Waals surface area contributed by atoms with Gasteiger partial charge in [-0.15, -0.1) is 0 Å². The minimum absolute atomic E-state index is 0.600. The largest absolute Gasteiger partial charge is 0.0616 e. The van der Waals surface area contributed by atoms with Crippen LogP contribution < -0.4 is 0 Å².